The summed E-state index contributed by atoms with van der Waals surface area (Å²) in [6.45, 7) is 1.96. The number of amides is 2. The van der Waals surface area contributed by atoms with Crippen LogP contribution >= 0.6 is 0 Å². The van der Waals surface area contributed by atoms with Gasteiger partial charge in [-0.2, -0.15) is 0 Å². The molecule has 0 unspecified atom stereocenters. The number of hydrogen-bond donors (Lipinski definition) is 2. The van der Waals surface area contributed by atoms with E-state index in [1.807, 2.05) is 31.2 Å². The lowest BCUT2D eigenvalue weighted by atomic mass is 10.1. The predicted molar refractivity (Wildman–Crippen MR) is 148 cm³/mol. The summed E-state index contributed by atoms with van der Waals surface area (Å²) in [6, 6.07) is 28.4. The zero-order valence-electron chi connectivity index (χ0n) is 20.6. The average molecular weight is 505 g/mol. The van der Waals surface area contributed by atoms with E-state index in [1.165, 1.54) is 18.2 Å². The van der Waals surface area contributed by atoms with Crippen molar-refractivity contribution in [1.29, 1.82) is 0 Å². The molecular weight excluding hydrogens is 479 g/mol. The van der Waals surface area contributed by atoms with E-state index >= 15 is 0 Å². The zero-order chi connectivity index (χ0) is 26.9. The Balaban J connectivity index is 1.48. The third-order valence-electron chi connectivity index (χ3n) is 5.64. The Bertz CT molecular complexity index is 1490. The third kappa shape index (κ3) is 7.21. The van der Waals surface area contributed by atoms with Gasteiger partial charge in [0.05, 0.1) is 0 Å². The van der Waals surface area contributed by atoms with Crippen molar-refractivity contribution in [1.82, 2.24) is 5.32 Å². The number of benzene rings is 4. The van der Waals surface area contributed by atoms with Gasteiger partial charge in [-0.25, -0.2) is 4.39 Å². The van der Waals surface area contributed by atoms with E-state index in [2.05, 4.69) is 10.6 Å². The number of allylic oxidation sites excluding steroid dienone is 1. The minimum atomic E-state index is -0.509. The van der Waals surface area contributed by atoms with Gasteiger partial charge in [-0.05, 0) is 78.7 Å². The van der Waals surface area contributed by atoms with Gasteiger partial charge in [-0.15, -0.1) is 0 Å². The van der Waals surface area contributed by atoms with Crippen LogP contribution in [0, 0.1) is 12.7 Å². The van der Waals surface area contributed by atoms with Gasteiger partial charge in [0.25, 0.3) is 11.8 Å². The van der Waals surface area contributed by atoms with E-state index in [0.717, 1.165) is 11.1 Å². The van der Waals surface area contributed by atoms with Gasteiger partial charge in [0.1, 0.15) is 11.5 Å². The molecule has 0 heterocycles. The maximum atomic E-state index is 13.2. The molecule has 188 valence electrons. The number of aryl methyl sites for hydroxylation is 1. The number of carbonyl (C=O) groups excluding carboxylic acids is 3. The quantitative estimate of drug-likeness (QED) is 0.214. The standard InChI is InChI=1S/C32H25FN2O3/c1-22-7-9-24(10-8-22)21-29(35-31(37)26-5-3-2-4-6-26)32(38)34-28-18-14-25(15-19-28)30(36)20-13-23-11-16-27(33)17-12-23/h2-21H,1H3,(H,34,38)(H,35,37)/b20-13+,29-21-. The molecule has 0 radical (unpaired) electrons. The molecule has 0 atom stereocenters. The Labute approximate surface area is 220 Å². The number of nitrogens with one attached hydrogen (secondary N) is 2. The summed E-state index contributed by atoms with van der Waals surface area (Å²) >= 11 is 0. The molecule has 6 heteroatoms. The summed E-state index contributed by atoms with van der Waals surface area (Å²) in [5.74, 6) is -1.50. The summed E-state index contributed by atoms with van der Waals surface area (Å²) in [4.78, 5) is 38.4. The molecule has 38 heavy (non-hydrogen) atoms. The van der Waals surface area contributed by atoms with Crippen LogP contribution in [0.1, 0.15) is 37.4 Å². The Morgan fingerprint density at radius 3 is 2.00 bits per heavy atom. The van der Waals surface area contributed by atoms with Crippen molar-refractivity contribution in [2.75, 3.05) is 5.32 Å². The number of carbonyl (C=O) groups is 3. The van der Waals surface area contributed by atoms with Crippen LogP contribution in [0.3, 0.4) is 0 Å². The second kappa shape index (κ2) is 12.2. The molecule has 4 rings (SSSR count). The predicted octanol–water partition coefficient (Wildman–Crippen LogP) is 6.44. The van der Waals surface area contributed by atoms with Crippen molar-refractivity contribution < 1.29 is 18.8 Å². The molecule has 0 fully saturated rings. The molecule has 0 saturated heterocycles. The van der Waals surface area contributed by atoms with Crippen molar-refractivity contribution in [3.05, 3.63) is 149 Å². The first-order valence-corrected chi connectivity index (χ1v) is 11.9. The number of hydrogen-bond acceptors (Lipinski definition) is 3. The minimum Gasteiger partial charge on any atom is -0.321 e. The number of ketones is 1. The molecule has 0 saturated carbocycles. The largest absolute Gasteiger partial charge is 0.321 e. The van der Waals surface area contributed by atoms with Gasteiger partial charge in [-0.3, -0.25) is 14.4 Å². The number of anilines is 1. The molecule has 2 amide bonds. The maximum absolute atomic E-state index is 13.2. The smallest absolute Gasteiger partial charge is 0.272 e. The Kier molecular flexibility index (Phi) is 8.36. The van der Waals surface area contributed by atoms with Gasteiger partial charge >= 0.3 is 0 Å². The van der Waals surface area contributed by atoms with Crippen LogP contribution in [-0.4, -0.2) is 17.6 Å². The van der Waals surface area contributed by atoms with Crippen LogP contribution in [0.4, 0.5) is 10.1 Å². The topological polar surface area (TPSA) is 75.3 Å². The molecule has 0 aliphatic carbocycles. The third-order valence-corrected chi connectivity index (χ3v) is 5.64. The summed E-state index contributed by atoms with van der Waals surface area (Å²) in [6.07, 6.45) is 4.62. The Morgan fingerprint density at radius 2 is 1.34 bits per heavy atom. The van der Waals surface area contributed by atoms with Crippen molar-refractivity contribution in [3.8, 4) is 0 Å². The molecule has 0 spiro atoms. The summed E-state index contributed by atoms with van der Waals surface area (Å²) in [5, 5.41) is 5.48. The van der Waals surface area contributed by atoms with Crippen LogP contribution in [0.25, 0.3) is 12.2 Å². The van der Waals surface area contributed by atoms with Crippen molar-refractivity contribution in [2.45, 2.75) is 6.92 Å². The van der Waals surface area contributed by atoms with E-state index in [4.69, 9.17) is 0 Å². The molecule has 4 aromatic rings. The fourth-order valence-corrected chi connectivity index (χ4v) is 3.53. The van der Waals surface area contributed by atoms with E-state index < -0.39 is 11.8 Å². The lowest BCUT2D eigenvalue weighted by molar-refractivity contribution is -0.113. The highest BCUT2D eigenvalue weighted by Gasteiger charge is 2.15. The van der Waals surface area contributed by atoms with Gasteiger partial charge in [0.15, 0.2) is 5.78 Å². The molecule has 0 aromatic heterocycles. The highest BCUT2D eigenvalue weighted by molar-refractivity contribution is 6.11. The first-order chi connectivity index (χ1) is 18.4. The highest BCUT2D eigenvalue weighted by atomic mass is 19.1. The van der Waals surface area contributed by atoms with E-state index in [1.54, 1.807) is 78.9 Å². The normalized spacial score (nSPS) is 11.3. The first kappa shape index (κ1) is 26.0. The molecular formula is C32H25FN2O3. The van der Waals surface area contributed by atoms with Crippen molar-refractivity contribution >= 4 is 35.4 Å². The van der Waals surface area contributed by atoms with Gasteiger partial charge in [0.2, 0.25) is 0 Å². The molecule has 4 aromatic carbocycles. The summed E-state index contributed by atoms with van der Waals surface area (Å²) in [7, 11) is 0. The lowest BCUT2D eigenvalue weighted by Crippen LogP contribution is -2.30. The summed E-state index contributed by atoms with van der Waals surface area (Å²) < 4.78 is 13.0. The number of halogens is 1. The Hall–Kier alpha value is -5.10. The zero-order valence-corrected chi connectivity index (χ0v) is 20.6. The fourth-order valence-electron chi connectivity index (χ4n) is 3.53. The Morgan fingerprint density at radius 1 is 0.711 bits per heavy atom. The SMILES string of the molecule is Cc1ccc(/C=C(\NC(=O)c2ccccc2)C(=O)Nc2ccc(C(=O)/C=C/c3ccc(F)cc3)cc2)cc1. The van der Waals surface area contributed by atoms with Crippen LogP contribution in [0.15, 0.2) is 115 Å². The fraction of sp³-hybridized carbons (Fsp3) is 0.0312. The van der Waals surface area contributed by atoms with E-state index in [0.29, 0.717) is 22.4 Å². The van der Waals surface area contributed by atoms with Crippen LogP contribution in [-0.2, 0) is 4.79 Å². The average Bonchev–Trinajstić information content (AvgIpc) is 2.94. The van der Waals surface area contributed by atoms with Crippen LogP contribution in [0.2, 0.25) is 0 Å². The monoisotopic (exact) mass is 504 g/mol. The second-order valence-electron chi connectivity index (χ2n) is 8.57. The maximum Gasteiger partial charge on any atom is 0.272 e. The van der Waals surface area contributed by atoms with Gasteiger partial charge in [0, 0.05) is 16.8 Å². The number of rotatable bonds is 8. The van der Waals surface area contributed by atoms with E-state index in [9.17, 15) is 18.8 Å². The first-order valence-electron chi connectivity index (χ1n) is 11.9. The van der Waals surface area contributed by atoms with E-state index in [-0.39, 0.29) is 17.3 Å². The minimum absolute atomic E-state index is 0.0742. The van der Waals surface area contributed by atoms with Gasteiger partial charge in [-0.1, -0.05) is 66.2 Å². The molecule has 0 bridgehead atoms. The molecule has 0 aliphatic rings. The van der Waals surface area contributed by atoms with Crippen molar-refractivity contribution in [3.63, 3.8) is 0 Å². The summed E-state index contributed by atoms with van der Waals surface area (Å²) in [5.41, 5.74) is 3.91. The highest BCUT2D eigenvalue weighted by Crippen LogP contribution is 2.15. The molecule has 2 N–H and O–H groups in total. The van der Waals surface area contributed by atoms with Crippen molar-refractivity contribution in [2.24, 2.45) is 0 Å². The molecule has 5 nitrogen and oxygen atoms in total. The van der Waals surface area contributed by atoms with Crippen LogP contribution in [0.5, 0.6) is 0 Å². The van der Waals surface area contributed by atoms with Crippen LogP contribution < -0.4 is 10.6 Å². The second-order valence-corrected chi connectivity index (χ2v) is 8.57. The molecule has 0 aliphatic heterocycles. The van der Waals surface area contributed by atoms with Gasteiger partial charge < -0.3 is 10.6 Å². The lowest BCUT2D eigenvalue weighted by Gasteiger charge is -2.12.